The van der Waals surface area contributed by atoms with Crippen molar-refractivity contribution in [1.29, 1.82) is 0 Å². The summed E-state index contributed by atoms with van der Waals surface area (Å²) in [4.78, 5) is 26.4. The predicted molar refractivity (Wildman–Crippen MR) is 173 cm³/mol. The zero-order chi connectivity index (χ0) is 32.2. The second-order valence-corrected chi connectivity index (χ2v) is 12.0. The molecule has 1 fully saturated rings. The highest BCUT2D eigenvalue weighted by Gasteiger charge is 2.24. The van der Waals surface area contributed by atoms with Gasteiger partial charge in [0.1, 0.15) is 11.6 Å². The van der Waals surface area contributed by atoms with Crippen molar-refractivity contribution >= 4 is 23.5 Å². The van der Waals surface area contributed by atoms with Gasteiger partial charge in [-0.15, -0.1) is 0 Å². The van der Waals surface area contributed by atoms with Crippen molar-refractivity contribution in [2.24, 2.45) is 5.92 Å². The minimum absolute atomic E-state index is 0.132. The van der Waals surface area contributed by atoms with E-state index in [1.54, 1.807) is 24.3 Å². The van der Waals surface area contributed by atoms with Gasteiger partial charge >= 0.3 is 6.09 Å². The largest absolute Gasteiger partial charge is 0.490 e. The van der Waals surface area contributed by atoms with Crippen molar-refractivity contribution in [3.8, 4) is 23.0 Å². The van der Waals surface area contributed by atoms with Gasteiger partial charge in [-0.25, -0.2) is 14.2 Å². The number of hydrogen-bond acceptors (Lipinski definition) is 9. The lowest BCUT2D eigenvalue weighted by atomic mass is 10.00. The monoisotopic (exact) mass is 627 g/mol. The lowest BCUT2D eigenvalue weighted by Gasteiger charge is -2.29. The van der Waals surface area contributed by atoms with Gasteiger partial charge in [-0.05, 0) is 94.2 Å². The van der Waals surface area contributed by atoms with E-state index < -0.39 is 11.9 Å². The van der Waals surface area contributed by atoms with Gasteiger partial charge in [0.2, 0.25) is 12.7 Å². The zero-order valence-electron chi connectivity index (χ0n) is 26.5. The lowest BCUT2D eigenvalue weighted by Crippen LogP contribution is -2.34. The van der Waals surface area contributed by atoms with E-state index in [1.807, 2.05) is 45.0 Å². The number of carbonyl (C=O) groups excluding carboxylic acids is 1. The van der Waals surface area contributed by atoms with Gasteiger partial charge in [-0.2, -0.15) is 4.98 Å². The molecule has 1 aromatic heterocycles. The maximum Gasteiger partial charge on any atom is 0.421 e. The third kappa shape index (κ3) is 7.31. The quantitative estimate of drug-likeness (QED) is 0.212. The minimum Gasteiger partial charge on any atom is -0.490 e. The number of hydrogen-bond donors (Lipinski definition) is 1. The van der Waals surface area contributed by atoms with Crippen LogP contribution in [0.3, 0.4) is 0 Å². The summed E-state index contributed by atoms with van der Waals surface area (Å²) in [6.45, 7) is 8.57. The van der Waals surface area contributed by atoms with Crippen LogP contribution >= 0.6 is 0 Å². The van der Waals surface area contributed by atoms with Gasteiger partial charge < -0.3 is 29.2 Å². The average Bonchev–Trinajstić information content (AvgIpc) is 3.49. The number of anilines is 3. The standard InChI is InChI=1S/C35H38FN5O5/c1-22-14-23(2)33(24(3)15-22)46-35(42)41(19-25-7-9-30-31(16-25)45-21-44-30)32-11-12-37-34(39-32)38-27-8-10-29(28(36)17-27)43-20-26-6-5-13-40(4)18-26/h7-12,14-17,26H,5-6,13,18-21H2,1-4H3,(H,37,38,39). The number of likely N-dealkylation sites (tertiary alicyclic amines) is 1. The molecule has 2 aliphatic rings. The van der Waals surface area contributed by atoms with Crippen LogP contribution in [0.5, 0.6) is 23.0 Å². The van der Waals surface area contributed by atoms with Gasteiger partial charge in [0, 0.05) is 30.4 Å². The van der Waals surface area contributed by atoms with Gasteiger partial charge in [0.25, 0.3) is 0 Å². The van der Waals surface area contributed by atoms with Crippen LogP contribution in [0.25, 0.3) is 0 Å². The molecule has 1 atom stereocenters. The molecule has 10 nitrogen and oxygen atoms in total. The second-order valence-electron chi connectivity index (χ2n) is 12.0. The Morgan fingerprint density at radius 3 is 2.65 bits per heavy atom. The van der Waals surface area contributed by atoms with E-state index in [2.05, 4.69) is 27.2 Å². The molecule has 0 bridgehead atoms. The molecule has 1 N–H and O–H groups in total. The lowest BCUT2D eigenvalue weighted by molar-refractivity contribution is 0.147. The van der Waals surface area contributed by atoms with Crippen LogP contribution in [0, 0.1) is 32.5 Å². The van der Waals surface area contributed by atoms with Crippen LogP contribution in [-0.4, -0.2) is 54.5 Å². The first-order valence-electron chi connectivity index (χ1n) is 15.4. The number of amides is 1. The highest BCUT2D eigenvalue weighted by Crippen LogP contribution is 2.34. The summed E-state index contributed by atoms with van der Waals surface area (Å²) in [5, 5.41) is 3.05. The number of nitrogens with zero attached hydrogens (tertiary/aromatic N) is 4. The number of nitrogens with one attached hydrogen (secondary N) is 1. The van der Waals surface area contributed by atoms with E-state index in [4.69, 9.17) is 18.9 Å². The summed E-state index contributed by atoms with van der Waals surface area (Å²) < 4.78 is 37.8. The summed E-state index contributed by atoms with van der Waals surface area (Å²) in [5.74, 6) is 2.30. The number of benzene rings is 3. The molecule has 0 saturated carbocycles. The van der Waals surface area contributed by atoms with Crippen LogP contribution < -0.4 is 29.2 Å². The highest BCUT2D eigenvalue weighted by atomic mass is 19.1. The van der Waals surface area contributed by atoms with E-state index in [0.717, 1.165) is 48.2 Å². The molecule has 46 heavy (non-hydrogen) atoms. The maximum absolute atomic E-state index is 15.0. The number of aryl methyl sites for hydroxylation is 3. The van der Waals surface area contributed by atoms with Crippen LogP contribution in [0.4, 0.5) is 26.6 Å². The zero-order valence-corrected chi connectivity index (χ0v) is 26.5. The number of carbonyl (C=O) groups is 1. The Bertz CT molecular complexity index is 1710. The molecule has 4 aromatic rings. The van der Waals surface area contributed by atoms with Crippen molar-refractivity contribution in [3.63, 3.8) is 0 Å². The number of halogens is 1. The summed E-state index contributed by atoms with van der Waals surface area (Å²) in [6.07, 6.45) is 3.10. The van der Waals surface area contributed by atoms with Gasteiger partial charge in [-0.1, -0.05) is 23.8 Å². The first-order valence-corrected chi connectivity index (χ1v) is 15.4. The second kappa shape index (κ2) is 13.6. The molecule has 1 unspecified atom stereocenters. The minimum atomic E-state index is -0.617. The maximum atomic E-state index is 15.0. The number of aromatic nitrogens is 2. The molecular weight excluding hydrogens is 589 g/mol. The molecule has 1 saturated heterocycles. The predicted octanol–water partition coefficient (Wildman–Crippen LogP) is 6.94. The average molecular weight is 628 g/mol. The summed E-state index contributed by atoms with van der Waals surface area (Å²) in [7, 11) is 2.09. The topological polar surface area (TPSA) is 98.3 Å². The third-order valence-electron chi connectivity index (χ3n) is 8.09. The van der Waals surface area contributed by atoms with E-state index in [-0.39, 0.29) is 25.0 Å². The van der Waals surface area contributed by atoms with Crippen molar-refractivity contribution < 1.29 is 28.1 Å². The van der Waals surface area contributed by atoms with Gasteiger partial charge in [0.05, 0.1) is 13.2 Å². The summed E-state index contributed by atoms with van der Waals surface area (Å²) in [6, 6.07) is 15.7. The molecule has 2 aliphatic heterocycles. The normalized spacial score (nSPS) is 15.8. The van der Waals surface area contributed by atoms with Crippen LogP contribution in [0.2, 0.25) is 0 Å². The molecule has 11 heteroatoms. The molecule has 3 aromatic carbocycles. The molecule has 3 heterocycles. The van der Waals surface area contributed by atoms with E-state index in [9.17, 15) is 4.79 Å². The summed E-state index contributed by atoms with van der Waals surface area (Å²) >= 11 is 0. The Balaban J connectivity index is 1.21. The molecule has 1 amide bonds. The molecular formula is C35H38FN5O5. The van der Waals surface area contributed by atoms with E-state index in [1.165, 1.54) is 17.2 Å². The van der Waals surface area contributed by atoms with Crippen molar-refractivity contribution in [3.05, 3.63) is 88.9 Å². The number of rotatable bonds is 9. The Labute approximate surface area is 268 Å². The Morgan fingerprint density at radius 1 is 1.07 bits per heavy atom. The number of fused-ring (bicyclic) bond motifs is 1. The summed E-state index contributed by atoms with van der Waals surface area (Å²) in [5.41, 5.74) is 3.99. The van der Waals surface area contributed by atoms with E-state index >= 15 is 4.39 Å². The first kappa shape index (κ1) is 31.1. The fourth-order valence-corrected chi connectivity index (χ4v) is 5.93. The molecule has 6 rings (SSSR count). The van der Waals surface area contributed by atoms with Crippen molar-refractivity contribution in [2.75, 3.05) is 43.8 Å². The van der Waals surface area contributed by atoms with E-state index in [0.29, 0.717) is 41.3 Å². The first-order chi connectivity index (χ1) is 22.2. The smallest absolute Gasteiger partial charge is 0.421 e. The Hall–Kier alpha value is -4.90. The molecule has 240 valence electrons. The third-order valence-corrected chi connectivity index (χ3v) is 8.09. The Morgan fingerprint density at radius 2 is 1.87 bits per heavy atom. The van der Waals surface area contributed by atoms with Crippen LogP contribution in [-0.2, 0) is 6.54 Å². The van der Waals surface area contributed by atoms with Crippen molar-refractivity contribution in [1.82, 2.24) is 14.9 Å². The SMILES string of the molecule is Cc1cc(C)c(OC(=O)N(Cc2ccc3c(c2)OCO3)c2ccnc(Nc3ccc(OCC4CCCN(C)C4)c(F)c3)n2)c(C)c1. The fourth-order valence-electron chi connectivity index (χ4n) is 5.93. The van der Waals surface area contributed by atoms with Crippen molar-refractivity contribution in [2.45, 2.75) is 40.2 Å². The molecule has 0 aliphatic carbocycles. The van der Waals surface area contributed by atoms with Gasteiger partial charge in [-0.3, -0.25) is 4.90 Å². The number of ether oxygens (including phenoxy) is 4. The van der Waals surface area contributed by atoms with Gasteiger partial charge in [0.15, 0.2) is 23.1 Å². The number of piperidine rings is 1. The highest BCUT2D eigenvalue weighted by molar-refractivity contribution is 5.88. The van der Waals surface area contributed by atoms with Crippen LogP contribution in [0.1, 0.15) is 35.1 Å². The molecule has 0 radical (unpaired) electrons. The molecule has 0 spiro atoms. The Kier molecular flexibility index (Phi) is 9.20. The van der Waals surface area contributed by atoms with Crippen LogP contribution in [0.15, 0.2) is 60.8 Å². The fraction of sp³-hybridized carbons (Fsp3) is 0.343.